The summed E-state index contributed by atoms with van der Waals surface area (Å²) in [6, 6.07) is 5.66. The molecule has 1 unspecified atom stereocenters. The van der Waals surface area contributed by atoms with E-state index in [1.54, 1.807) is 6.20 Å². The van der Waals surface area contributed by atoms with Gasteiger partial charge < -0.3 is 19.1 Å². The van der Waals surface area contributed by atoms with E-state index in [0.717, 1.165) is 49.7 Å². The van der Waals surface area contributed by atoms with Crippen molar-refractivity contribution < 1.29 is 14.1 Å². The highest BCUT2D eigenvalue weighted by molar-refractivity contribution is 5.94. The molecule has 1 atom stereocenters. The van der Waals surface area contributed by atoms with Crippen LogP contribution in [-0.2, 0) is 4.74 Å². The number of carbonyl (C=O) groups is 1. The first-order valence-electron chi connectivity index (χ1n) is 8.75. The Morgan fingerprint density at radius 3 is 2.76 bits per heavy atom. The summed E-state index contributed by atoms with van der Waals surface area (Å²) in [4.78, 5) is 21.4. The molecule has 0 bridgehead atoms. The molecule has 4 rings (SSSR count). The van der Waals surface area contributed by atoms with Crippen LogP contribution in [0, 0.1) is 6.92 Å². The van der Waals surface area contributed by atoms with E-state index in [0.29, 0.717) is 18.8 Å². The fraction of sp³-hybridized carbons (Fsp3) is 0.500. The Hall–Kier alpha value is -2.41. The molecule has 1 amide bonds. The summed E-state index contributed by atoms with van der Waals surface area (Å²) in [5.41, 5.74) is 1.45. The molecule has 0 radical (unpaired) electrons. The third-order valence-electron chi connectivity index (χ3n) is 4.82. The number of carbonyl (C=O) groups excluding carboxylic acids is 1. The van der Waals surface area contributed by atoms with Crippen molar-refractivity contribution in [2.75, 3.05) is 37.7 Å². The fourth-order valence-corrected chi connectivity index (χ4v) is 3.50. The van der Waals surface area contributed by atoms with E-state index in [-0.39, 0.29) is 11.9 Å². The zero-order valence-electron chi connectivity index (χ0n) is 14.4. The second-order valence-electron chi connectivity index (χ2n) is 6.53. The first-order chi connectivity index (χ1) is 12.2. The first kappa shape index (κ1) is 16.1. The molecule has 7 nitrogen and oxygen atoms in total. The van der Waals surface area contributed by atoms with Crippen LogP contribution in [0.4, 0.5) is 5.82 Å². The Morgan fingerprint density at radius 2 is 2.08 bits per heavy atom. The van der Waals surface area contributed by atoms with Crippen molar-refractivity contribution in [3.05, 3.63) is 41.4 Å². The minimum Gasteiger partial charge on any atom is -0.378 e. The molecule has 4 heterocycles. The van der Waals surface area contributed by atoms with E-state index >= 15 is 0 Å². The Kier molecular flexibility index (Phi) is 4.40. The molecule has 2 fully saturated rings. The number of likely N-dealkylation sites (tertiary alicyclic amines) is 1. The van der Waals surface area contributed by atoms with Crippen LogP contribution >= 0.6 is 0 Å². The molecular weight excluding hydrogens is 320 g/mol. The molecule has 2 aromatic heterocycles. The lowest BCUT2D eigenvalue weighted by atomic mass is 10.1. The molecule has 2 saturated heterocycles. The molecule has 0 aliphatic carbocycles. The molecule has 25 heavy (non-hydrogen) atoms. The summed E-state index contributed by atoms with van der Waals surface area (Å²) in [7, 11) is 0. The van der Waals surface area contributed by atoms with E-state index < -0.39 is 0 Å². The summed E-state index contributed by atoms with van der Waals surface area (Å²) in [5.74, 6) is 1.66. The second-order valence-corrected chi connectivity index (χ2v) is 6.53. The Morgan fingerprint density at radius 1 is 1.24 bits per heavy atom. The molecule has 132 valence electrons. The number of morpholine rings is 1. The molecule has 0 saturated carbocycles. The first-order valence-corrected chi connectivity index (χ1v) is 8.75. The van der Waals surface area contributed by atoms with E-state index in [1.807, 2.05) is 30.0 Å². The minimum atomic E-state index is -0.0346. The van der Waals surface area contributed by atoms with Gasteiger partial charge in [-0.3, -0.25) is 4.79 Å². The van der Waals surface area contributed by atoms with E-state index in [9.17, 15) is 4.79 Å². The second kappa shape index (κ2) is 6.84. The van der Waals surface area contributed by atoms with Crippen LogP contribution in [0.1, 0.15) is 40.7 Å². The van der Waals surface area contributed by atoms with Crippen LogP contribution in [-0.4, -0.2) is 53.8 Å². The van der Waals surface area contributed by atoms with Gasteiger partial charge in [-0.2, -0.15) is 0 Å². The number of hydrogen-bond acceptors (Lipinski definition) is 6. The van der Waals surface area contributed by atoms with Gasteiger partial charge in [-0.1, -0.05) is 5.16 Å². The quantitative estimate of drug-likeness (QED) is 0.851. The lowest BCUT2D eigenvalue weighted by Crippen LogP contribution is -2.36. The molecule has 2 aromatic rings. The van der Waals surface area contributed by atoms with Crippen LogP contribution < -0.4 is 4.90 Å². The molecule has 7 heteroatoms. The molecule has 0 N–H and O–H groups in total. The topological polar surface area (TPSA) is 71.7 Å². The van der Waals surface area contributed by atoms with Gasteiger partial charge in [-0.05, 0) is 31.9 Å². The number of ether oxygens (including phenoxy) is 1. The normalized spacial score (nSPS) is 20.9. The van der Waals surface area contributed by atoms with Gasteiger partial charge >= 0.3 is 0 Å². The standard InChI is InChI=1S/C18H22N4O3/c1-13-11-16(25-20-13)15-3-2-6-22(15)18(23)14-4-5-17(19-12-14)21-7-9-24-10-8-21/h4-5,11-12,15H,2-3,6-10H2,1H3. The van der Waals surface area contributed by atoms with Crippen LogP contribution in [0.5, 0.6) is 0 Å². The van der Waals surface area contributed by atoms with Gasteiger partial charge in [0.2, 0.25) is 0 Å². The van der Waals surface area contributed by atoms with Crippen molar-refractivity contribution in [1.29, 1.82) is 0 Å². The SMILES string of the molecule is Cc1cc(C2CCCN2C(=O)c2ccc(N3CCOCC3)nc2)on1. The van der Waals surface area contributed by atoms with Gasteiger partial charge in [0, 0.05) is 31.9 Å². The lowest BCUT2D eigenvalue weighted by Gasteiger charge is -2.28. The van der Waals surface area contributed by atoms with E-state index in [2.05, 4.69) is 15.0 Å². The molecule has 2 aliphatic heterocycles. The average Bonchev–Trinajstić information content (AvgIpc) is 3.31. The Labute approximate surface area is 146 Å². The number of aromatic nitrogens is 2. The predicted octanol–water partition coefficient (Wildman–Crippen LogP) is 2.19. The van der Waals surface area contributed by atoms with Crippen molar-refractivity contribution in [3.8, 4) is 0 Å². The maximum absolute atomic E-state index is 12.9. The highest BCUT2D eigenvalue weighted by Crippen LogP contribution is 2.33. The maximum atomic E-state index is 12.9. The molecular formula is C18H22N4O3. The van der Waals surface area contributed by atoms with Crippen molar-refractivity contribution in [2.24, 2.45) is 0 Å². The average molecular weight is 342 g/mol. The van der Waals surface area contributed by atoms with Crippen LogP contribution in [0.15, 0.2) is 28.9 Å². The number of pyridine rings is 1. The smallest absolute Gasteiger partial charge is 0.256 e. The van der Waals surface area contributed by atoms with Crippen molar-refractivity contribution in [2.45, 2.75) is 25.8 Å². The van der Waals surface area contributed by atoms with Gasteiger partial charge in [-0.25, -0.2) is 4.98 Å². The summed E-state index contributed by atoms with van der Waals surface area (Å²) in [6.07, 6.45) is 3.54. The summed E-state index contributed by atoms with van der Waals surface area (Å²) < 4.78 is 10.7. The van der Waals surface area contributed by atoms with Gasteiger partial charge in [0.25, 0.3) is 5.91 Å². The fourth-order valence-electron chi connectivity index (χ4n) is 3.50. The van der Waals surface area contributed by atoms with Crippen LogP contribution in [0.3, 0.4) is 0 Å². The van der Waals surface area contributed by atoms with Gasteiger partial charge in [0.05, 0.1) is 30.5 Å². The summed E-state index contributed by atoms with van der Waals surface area (Å²) >= 11 is 0. The number of aryl methyl sites for hydroxylation is 1. The third kappa shape index (κ3) is 3.24. The molecule has 0 spiro atoms. The minimum absolute atomic E-state index is 0.00224. The Bertz CT molecular complexity index is 737. The number of rotatable bonds is 3. The monoisotopic (exact) mass is 342 g/mol. The van der Waals surface area contributed by atoms with Gasteiger partial charge in [0.1, 0.15) is 5.82 Å². The zero-order valence-corrected chi connectivity index (χ0v) is 14.4. The van der Waals surface area contributed by atoms with Crippen molar-refractivity contribution >= 4 is 11.7 Å². The van der Waals surface area contributed by atoms with E-state index in [4.69, 9.17) is 9.26 Å². The van der Waals surface area contributed by atoms with Crippen LogP contribution in [0.25, 0.3) is 0 Å². The highest BCUT2D eigenvalue weighted by Gasteiger charge is 2.33. The Balaban J connectivity index is 1.50. The highest BCUT2D eigenvalue weighted by atomic mass is 16.5. The third-order valence-corrected chi connectivity index (χ3v) is 4.82. The number of amides is 1. The lowest BCUT2D eigenvalue weighted by molar-refractivity contribution is 0.0714. The predicted molar refractivity (Wildman–Crippen MR) is 91.5 cm³/mol. The largest absolute Gasteiger partial charge is 0.378 e. The molecule has 0 aromatic carbocycles. The van der Waals surface area contributed by atoms with E-state index in [1.165, 1.54) is 0 Å². The summed E-state index contributed by atoms with van der Waals surface area (Å²) in [6.45, 7) is 5.72. The van der Waals surface area contributed by atoms with Gasteiger partial charge in [0.15, 0.2) is 5.76 Å². The van der Waals surface area contributed by atoms with Gasteiger partial charge in [-0.15, -0.1) is 0 Å². The summed E-state index contributed by atoms with van der Waals surface area (Å²) in [5, 5.41) is 3.95. The number of anilines is 1. The van der Waals surface area contributed by atoms with Crippen molar-refractivity contribution in [1.82, 2.24) is 15.0 Å². The van der Waals surface area contributed by atoms with Crippen LogP contribution in [0.2, 0.25) is 0 Å². The number of nitrogens with zero attached hydrogens (tertiary/aromatic N) is 4. The van der Waals surface area contributed by atoms with Crippen molar-refractivity contribution in [3.63, 3.8) is 0 Å². The molecule has 2 aliphatic rings. The number of hydrogen-bond donors (Lipinski definition) is 0. The zero-order chi connectivity index (χ0) is 17.2. The maximum Gasteiger partial charge on any atom is 0.256 e.